The minimum atomic E-state index is 0.522. The fourth-order valence-corrected chi connectivity index (χ4v) is 6.94. The average molecular weight is 473 g/mol. The van der Waals surface area contributed by atoms with Gasteiger partial charge in [-0.3, -0.25) is 14.9 Å². The molecule has 3 aliphatic heterocycles. The Hall–Kier alpha value is -3.50. The van der Waals surface area contributed by atoms with E-state index in [0.717, 1.165) is 13.0 Å². The Labute approximate surface area is 213 Å². The highest BCUT2D eigenvalue weighted by molar-refractivity contribution is 5.79. The van der Waals surface area contributed by atoms with Gasteiger partial charge in [0.2, 0.25) is 0 Å². The van der Waals surface area contributed by atoms with Gasteiger partial charge in [-0.1, -0.05) is 24.3 Å². The molecular weight excluding hydrogens is 440 g/mol. The Morgan fingerprint density at radius 1 is 0.778 bits per heavy atom. The third-order valence-corrected chi connectivity index (χ3v) is 8.66. The van der Waals surface area contributed by atoms with Gasteiger partial charge in [0.1, 0.15) is 0 Å². The van der Waals surface area contributed by atoms with Crippen LogP contribution in [0.2, 0.25) is 0 Å². The molecule has 4 aromatic rings. The summed E-state index contributed by atoms with van der Waals surface area (Å²) < 4.78 is 0. The summed E-state index contributed by atoms with van der Waals surface area (Å²) in [6.07, 6.45) is 11.7. The third-order valence-electron chi connectivity index (χ3n) is 8.66. The van der Waals surface area contributed by atoms with Crippen LogP contribution >= 0.6 is 0 Å². The van der Waals surface area contributed by atoms with Crippen LogP contribution in [0, 0.1) is 6.92 Å². The molecule has 2 aromatic heterocycles. The van der Waals surface area contributed by atoms with E-state index < -0.39 is 0 Å². The number of rotatable bonds is 4. The zero-order valence-electron chi connectivity index (χ0n) is 20.8. The van der Waals surface area contributed by atoms with Crippen LogP contribution in [0.3, 0.4) is 0 Å². The molecule has 4 nitrogen and oxygen atoms in total. The van der Waals surface area contributed by atoms with Crippen LogP contribution in [-0.2, 0) is 13.0 Å². The molecule has 7 rings (SSSR count). The molecule has 0 amide bonds. The van der Waals surface area contributed by atoms with Crippen LogP contribution in [-0.4, -0.2) is 33.0 Å². The molecule has 0 N–H and O–H groups in total. The van der Waals surface area contributed by atoms with Crippen LogP contribution in [0.5, 0.6) is 0 Å². The lowest BCUT2D eigenvalue weighted by Crippen LogP contribution is -2.49. The normalized spacial score (nSPS) is 22.8. The monoisotopic (exact) mass is 472 g/mol. The Morgan fingerprint density at radius 2 is 1.61 bits per heavy atom. The van der Waals surface area contributed by atoms with Crippen LogP contribution in [0.1, 0.15) is 48.1 Å². The first-order chi connectivity index (χ1) is 17.7. The number of piperidine rings is 1. The highest BCUT2D eigenvalue weighted by Gasteiger charge is 2.44. The first kappa shape index (κ1) is 21.8. The van der Waals surface area contributed by atoms with E-state index in [1.165, 1.54) is 70.6 Å². The minimum absolute atomic E-state index is 0.522. The van der Waals surface area contributed by atoms with E-state index in [1.807, 2.05) is 24.7 Å². The largest absolute Gasteiger partial charge is 0.338 e. The topological polar surface area (TPSA) is 32.3 Å². The summed E-state index contributed by atoms with van der Waals surface area (Å²) in [6.45, 7) is 3.25. The SMILES string of the molecule is Cc1cccc2c1Cc1cc(-c3ccncc3)ccc1N2C1CC2CCC(C1)N2Cc1ccccn1. The highest BCUT2D eigenvalue weighted by Crippen LogP contribution is 2.47. The number of hydrogen-bond donors (Lipinski definition) is 0. The predicted molar refractivity (Wildman–Crippen MR) is 145 cm³/mol. The Kier molecular flexibility index (Phi) is 5.36. The first-order valence-corrected chi connectivity index (χ1v) is 13.3. The van der Waals surface area contributed by atoms with Crippen molar-refractivity contribution >= 4 is 11.4 Å². The van der Waals surface area contributed by atoms with Crippen LogP contribution < -0.4 is 4.90 Å². The van der Waals surface area contributed by atoms with Crippen LogP contribution in [0.25, 0.3) is 11.1 Å². The molecule has 0 saturated carbocycles. The van der Waals surface area contributed by atoms with Crippen LogP contribution in [0.4, 0.5) is 11.4 Å². The molecule has 4 heteroatoms. The van der Waals surface area contributed by atoms with E-state index in [2.05, 4.69) is 87.4 Å². The minimum Gasteiger partial charge on any atom is -0.338 e. The van der Waals surface area contributed by atoms with Gasteiger partial charge in [0, 0.05) is 61.1 Å². The summed E-state index contributed by atoms with van der Waals surface area (Å²) in [5.74, 6) is 0. The number of aryl methyl sites for hydroxylation is 1. The first-order valence-electron chi connectivity index (χ1n) is 13.3. The molecule has 2 unspecified atom stereocenters. The van der Waals surface area contributed by atoms with Gasteiger partial charge in [0.25, 0.3) is 0 Å². The van der Waals surface area contributed by atoms with E-state index in [1.54, 1.807) is 0 Å². The predicted octanol–water partition coefficient (Wildman–Crippen LogP) is 6.69. The summed E-state index contributed by atoms with van der Waals surface area (Å²) in [5.41, 5.74) is 10.8. The van der Waals surface area contributed by atoms with Crippen molar-refractivity contribution in [1.82, 2.24) is 14.9 Å². The molecule has 3 aliphatic rings. The lowest BCUT2D eigenvalue weighted by molar-refractivity contribution is 0.118. The standard InChI is InChI=1S/C32H32N4/c1-22-5-4-7-32-30(22)18-25-17-24(23-12-15-33-16-13-23)8-11-31(25)36(32)29-19-27-9-10-28(20-29)35(27)21-26-6-2-3-14-34-26/h2-8,11-17,27-29H,9-10,18-21H2,1H3. The van der Waals surface area contributed by atoms with Gasteiger partial charge in [0.15, 0.2) is 0 Å². The maximum absolute atomic E-state index is 4.62. The molecular formula is C32H32N4. The van der Waals surface area contributed by atoms with Crippen molar-refractivity contribution in [1.29, 1.82) is 0 Å². The molecule has 180 valence electrons. The van der Waals surface area contributed by atoms with E-state index in [9.17, 15) is 0 Å². The Balaban J connectivity index is 1.24. The third kappa shape index (κ3) is 3.72. The average Bonchev–Trinajstić information content (AvgIpc) is 3.14. The molecule has 36 heavy (non-hydrogen) atoms. The van der Waals surface area contributed by atoms with Crippen molar-refractivity contribution in [3.05, 3.63) is 108 Å². The second-order valence-corrected chi connectivity index (χ2v) is 10.7. The second kappa shape index (κ2) is 8.86. The number of fused-ring (bicyclic) bond motifs is 4. The van der Waals surface area contributed by atoms with Gasteiger partial charge < -0.3 is 4.90 Å². The fraction of sp³-hybridized carbons (Fsp3) is 0.312. The van der Waals surface area contributed by atoms with E-state index in [0.29, 0.717) is 18.1 Å². The van der Waals surface area contributed by atoms with Gasteiger partial charge in [0.05, 0.1) is 5.69 Å². The molecule has 0 radical (unpaired) electrons. The number of nitrogens with zero attached hydrogens (tertiary/aromatic N) is 4. The second-order valence-electron chi connectivity index (χ2n) is 10.7. The van der Waals surface area contributed by atoms with Gasteiger partial charge in [-0.25, -0.2) is 0 Å². The lowest BCUT2D eigenvalue weighted by Gasteiger charge is -2.46. The zero-order chi connectivity index (χ0) is 24.1. The van der Waals surface area contributed by atoms with Crippen molar-refractivity contribution in [2.45, 2.75) is 63.7 Å². The molecule has 0 spiro atoms. The van der Waals surface area contributed by atoms with Gasteiger partial charge in [-0.05, 0) is 103 Å². The van der Waals surface area contributed by atoms with Crippen molar-refractivity contribution in [2.24, 2.45) is 0 Å². The quantitative estimate of drug-likeness (QED) is 0.331. The Morgan fingerprint density at radius 3 is 2.39 bits per heavy atom. The molecule has 2 fully saturated rings. The molecule has 2 saturated heterocycles. The molecule has 2 atom stereocenters. The number of hydrogen-bond acceptors (Lipinski definition) is 4. The summed E-state index contributed by atoms with van der Waals surface area (Å²) >= 11 is 0. The van der Waals surface area contributed by atoms with Gasteiger partial charge >= 0.3 is 0 Å². The van der Waals surface area contributed by atoms with Crippen molar-refractivity contribution < 1.29 is 0 Å². The van der Waals surface area contributed by atoms with E-state index in [-0.39, 0.29) is 0 Å². The summed E-state index contributed by atoms with van der Waals surface area (Å²) in [7, 11) is 0. The maximum Gasteiger partial charge on any atom is 0.0544 e. The van der Waals surface area contributed by atoms with Gasteiger partial charge in [-0.15, -0.1) is 0 Å². The number of benzene rings is 2. The summed E-state index contributed by atoms with van der Waals surface area (Å²) in [5, 5.41) is 0. The molecule has 2 aromatic carbocycles. The number of pyridine rings is 2. The highest BCUT2D eigenvalue weighted by atomic mass is 15.3. The van der Waals surface area contributed by atoms with Crippen molar-refractivity contribution in [2.75, 3.05) is 4.90 Å². The maximum atomic E-state index is 4.62. The van der Waals surface area contributed by atoms with Crippen molar-refractivity contribution in [3.63, 3.8) is 0 Å². The van der Waals surface area contributed by atoms with E-state index in [4.69, 9.17) is 0 Å². The number of aromatic nitrogens is 2. The van der Waals surface area contributed by atoms with E-state index >= 15 is 0 Å². The molecule has 0 aliphatic carbocycles. The van der Waals surface area contributed by atoms with Crippen LogP contribution in [0.15, 0.2) is 85.3 Å². The van der Waals surface area contributed by atoms with Gasteiger partial charge in [-0.2, -0.15) is 0 Å². The summed E-state index contributed by atoms with van der Waals surface area (Å²) in [4.78, 5) is 14.3. The zero-order valence-corrected chi connectivity index (χ0v) is 20.8. The number of anilines is 2. The summed E-state index contributed by atoms with van der Waals surface area (Å²) in [6, 6.07) is 26.2. The lowest BCUT2D eigenvalue weighted by atomic mass is 9.87. The smallest absolute Gasteiger partial charge is 0.0544 e. The molecule has 2 bridgehead atoms. The van der Waals surface area contributed by atoms with Crippen molar-refractivity contribution in [3.8, 4) is 11.1 Å². The molecule has 5 heterocycles. The Bertz CT molecular complexity index is 1370. The fourth-order valence-electron chi connectivity index (χ4n) is 6.94.